The molecule has 0 aliphatic carbocycles. The second-order valence-electron chi connectivity index (χ2n) is 8.08. The highest BCUT2D eigenvalue weighted by molar-refractivity contribution is 8.05. The molecule has 1 fully saturated rings. The Morgan fingerprint density at radius 2 is 1.54 bits per heavy atom. The van der Waals surface area contributed by atoms with Crippen LogP contribution in [0, 0.1) is 11.3 Å². The first-order chi connectivity index (χ1) is 17.2. The van der Waals surface area contributed by atoms with E-state index in [0.717, 1.165) is 16.3 Å². The van der Waals surface area contributed by atoms with Gasteiger partial charge in [-0.15, -0.1) is 0 Å². The van der Waals surface area contributed by atoms with Crippen molar-refractivity contribution in [2.45, 2.75) is 11.7 Å². The van der Waals surface area contributed by atoms with Crippen LogP contribution in [0.4, 0.5) is 11.4 Å². The van der Waals surface area contributed by atoms with Gasteiger partial charge in [0, 0.05) is 16.8 Å². The van der Waals surface area contributed by atoms with Crippen molar-refractivity contribution in [1.29, 1.82) is 5.26 Å². The third-order valence-corrected chi connectivity index (χ3v) is 7.08. The van der Waals surface area contributed by atoms with Gasteiger partial charge in [0.2, 0.25) is 5.91 Å². The topological polar surface area (TPSA) is 73.2 Å². The molecule has 0 bridgehead atoms. The van der Waals surface area contributed by atoms with Crippen LogP contribution in [0.15, 0.2) is 114 Å². The number of benzene rings is 4. The van der Waals surface area contributed by atoms with Crippen LogP contribution < -0.4 is 10.2 Å². The molecular formula is C29H21N3O2S. The highest BCUT2D eigenvalue weighted by Crippen LogP contribution is 2.42. The zero-order chi connectivity index (χ0) is 24.2. The highest BCUT2D eigenvalue weighted by atomic mass is 32.2. The van der Waals surface area contributed by atoms with E-state index in [-0.39, 0.29) is 11.5 Å². The Morgan fingerprint density at radius 3 is 2.29 bits per heavy atom. The summed E-state index contributed by atoms with van der Waals surface area (Å²) in [5.74, 6) is -0.689. The predicted octanol–water partition coefficient (Wildman–Crippen LogP) is 5.90. The van der Waals surface area contributed by atoms with Crippen LogP contribution in [0.2, 0.25) is 0 Å². The summed E-state index contributed by atoms with van der Waals surface area (Å²) in [5.41, 5.74) is 2.17. The normalized spacial score (nSPS) is 16.7. The molecule has 170 valence electrons. The Hall–Kier alpha value is -4.34. The molecule has 0 saturated carbocycles. The molecule has 0 aromatic heterocycles. The Kier molecular flexibility index (Phi) is 6.34. The van der Waals surface area contributed by atoms with E-state index in [9.17, 15) is 14.9 Å². The van der Waals surface area contributed by atoms with Crippen molar-refractivity contribution in [2.24, 2.45) is 0 Å². The molecule has 0 spiro atoms. The maximum atomic E-state index is 13.5. The maximum Gasteiger partial charge on any atom is 0.269 e. The minimum Gasteiger partial charge on any atom is -0.321 e. The van der Waals surface area contributed by atoms with Crippen molar-refractivity contribution in [2.75, 3.05) is 10.2 Å². The number of nitriles is 1. The zero-order valence-corrected chi connectivity index (χ0v) is 19.5. The van der Waals surface area contributed by atoms with E-state index in [1.54, 1.807) is 18.2 Å². The Balaban J connectivity index is 1.53. The number of rotatable bonds is 5. The monoisotopic (exact) mass is 475 g/mol. The largest absolute Gasteiger partial charge is 0.321 e. The van der Waals surface area contributed by atoms with Crippen LogP contribution in [-0.4, -0.2) is 17.1 Å². The molecule has 1 unspecified atom stereocenters. The van der Waals surface area contributed by atoms with Gasteiger partial charge in [-0.2, -0.15) is 5.26 Å². The van der Waals surface area contributed by atoms with Crippen molar-refractivity contribution in [3.05, 3.63) is 119 Å². The molecule has 1 heterocycles. The second-order valence-corrected chi connectivity index (χ2v) is 9.27. The van der Waals surface area contributed by atoms with Crippen molar-refractivity contribution in [1.82, 2.24) is 0 Å². The number of nitrogens with zero attached hydrogens (tertiary/aromatic N) is 2. The van der Waals surface area contributed by atoms with E-state index in [0.29, 0.717) is 22.8 Å². The molecule has 4 aromatic carbocycles. The summed E-state index contributed by atoms with van der Waals surface area (Å²) in [7, 11) is 0. The number of fused-ring (bicyclic) bond motifs is 1. The fourth-order valence-electron chi connectivity index (χ4n) is 4.15. The molecule has 1 saturated heterocycles. The highest BCUT2D eigenvalue weighted by Gasteiger charge is 2.40. The third-order valence-electron chi connectivity index (χ3n) is 5.82. The number of hydrogen-bond acceptors (Lipinski definition) is 4. The molecule has 0 radical (unpaired) electrons. The standard InChI is InChI=1S/C29H21N3O2S/c30-19-24(27(33)31-25-17-9-13-21-12-7-8-16-23(21)25)29-32(22-14-5-2-6-15-22)28(34)26(35-29)18-20-10-3-1-4-11-20/h1-17,26H,18H2,(H,31,33)/b29-24-. The van der Waals surface area contributed by atoms with Crippen LogP contribution in [0.25, 0.3) is 10.8 Å². The van der Waals surface area contributed by atoms with Gasteiger partial charge >= 0.3 is 0 Å². The summed E-state index contributed by atoms with van der Waals surface area (Å²) in [5, 5.41) is 14.7. The molecule has 1 aliphatic heterocycles. The van der Waals surface area contributed by atoms with Gasteiger partial charge in [0.05, 0.1) is 5.25 Å². The quantitative estimate of drug-likeness (QED) is 0.288. The lowest BCUT2D eigenvalue weighted by Crippen LogP contribution is -2.30. The summed E-state index contributed by atoms with van der Waals surface area (Å²) >= 11 is 1.26. The van der Waals surface area contributed by atoms with Crippen LogP contribution in [-0.2, 0) is 16.0 Å². The molecule has 4 aromatic rings. The summed E-state index contributed by atoms with van der Waals surface area (Å²) in [6.45, 7) is 0. The molecule has 6 heteroatoms. The number of anilines is 2. The van der Waals surface area contributed by atoms with E-state index in [2.05, 4.69) is 11.4 Å². The minimum atomic E-state index is -0.541. The molecule has 35 heavy (non-hydrogen) atoms. The first kappa shape index (κ1) is 22.5. The van der Waals surface area contributed by atoms with E-state index >= 15 is 0 Å². The molecule has 1 N–H and O–H groups in total. The average Bonchev–Trinajstić information content (AvgIpc) is 3.21. The molecule has 5 rings (SSSR count). The smallest absolute Gasteiger partial charge is 0.269 e. The van der Waals surface area contributed by atoms with Crippen LogP contribution in [0.5, 0.6) is 0 Å². The summed E-state index contributed by atoms with van der Waals surface area (Å²) < 4.78 is 0. The van der Waals surface area contributed by atoms with Crippen LogP contribution in [0.3, 0.4) is 0 Å². The second kappa shape index (κ2) is 9.88. The first-order valence-corrected chi connectivity index (χ1v) is 12.1. The van der Waals surface area contributed by atoms with Crippen molar-refractivity contribution < 1.29 is 9.59 Å². The number of thioether (sulfide) groups is 1. The number of hydrogen-bond donors (Lipinski definition) is 1. The summed E-state index contributed by atoms with van der Waals surface area (Å²) in [6.07, 6.45) is 0.501. The number of amides is 2. The average molecular weight is 476 g/mol. The Bertz CT molecular complexity index is 1470. The molecule has 1 aliphatic rings. The van der Waals surface area contributed by atoms with E-state index in [1.165, 1.54) is 16.7 Å². The number of para-hydroxylation sites is 1. The Labute approximate surface area is 207 Å². The van der Waals surface area contributed by atoms with Crippen molar-refractivity contribution in [3.8, 4) is 6.07 Å². The molecular weight excluding hydrogens is 454 g/mol. The fraction of sp³-hybridized carbons (Fsp3) is 0.0690. The first-order valence-electron chi connectivity index (χ1n) is 11.2. The fourth-order valence-corrected chi connectivity index (χ4v) is 5.45. The van der Waals surface area contributed by atoms with E-state index in [4.69, 9.17) is 0 Å². The van der Waals surface area contributed by atoms with Gasteiger partial charge < -0.3 is 5.32 Å². The lowest BCUT2D eigenvalue weighted by molar-refractivity contribution is -0.117. The molecule has 2 amide bonds. The maximum absolute atomic E-state index is 13.5. The zero-order valence-electron chi connectivity index (χ0n) is 18.7. The van der Waals surface area contributed by atoms with Crippen molar-refractivity contribution >= 4 is 45.7 Å². The predicted molar refractivity (Wildman–Crippen MR) is 141 cm³/mol. The van der Waals surface area contributed by atoms with Gasteiger partial charge in [-0.05, 0) is 35.6 Å². The summed E-state index contributed by atoms with van der Waals surface area (Å²) in [6, 6.07) is 34.3. The van der Waals surface area contributed by atoms with Gasteiger partial charge in [-0.3, -0.25) is 14.5 Å². The van der Waals surface area contributed by atoms with Gasteiger partial charge in [-0.1, -0.05) is 96.7 Å². The summed E-state index contributed by atoms with van der Waals surface area (Å²) in [4.78, 5) is 28.4. The SMILES string of the molecule is N#C/C(C(=O)Nc1cccc2ccccc12)=C1/SC(Cc2ccccc2)C(=O)N1c1ccccc1. The molecule has 1 atom stereocenters. The lowest BCUT2D eigenvalue weighted by Gasteiger charge is -2.18. The van der Waals surface area contributed by atoms with Gasteiger partial charge in [0.15, 0.2) is 0 Å². The van der Waals surface area contributed by atoms with Crippen LogP contribution >= 0.6 is 11.8 Å². The molecule has 5 nitrogen and oxygen atoms in total. The van der Waals surface area contributed by atoms with Gasteiger partial charge in [-0.25, -0.2) is 0 Å². The van der Waals surface area contributed by atoms with Gasteiger partial charge in [0.25, 0.3) is 5.91 Å². The minimum absolute atomic E-state index is 0.0873. The number of carbonyl (C=O) groups excluding carboxylic acids is 2. The number of carbonyl (C=O) groups is 2. The lowest BCUT2D eigenvalue weighted by atomic mass is 10.1. The third kappa shape index (κ3) is 4.54. The van der Waals surface area contributed by atoms with E-state index < -0.39 is 11.2 Å². The van der Waals surface area contributed by atoms with Crippen LogP contribution in [0.1, 0.15) is 5.56 Å². The Morgan fingerprint density at radius 1 is 0.886 bits per heavy atom. The van der Waals surface area contributed by atoms with Gasteiger partial charge in [0.1, 0.15) is 16.7 Å². The van der Waals surface area contributed by atoms with Crippen molar-refractivity contribution in [3.63, 3.8) is 0 Å². The van der Waals surface area contributed by atoms with E-state index in [1.807, 2.05) is 84.9 Å². The number of nitrogens with one attached hydrogen (secondary N) is 1.